The molecule has 1 aliphatic rings. The molecule has 0 amide bonds. The third-order valence-corrected chi connectivity index (χ3v) is 3.82. The minimum atomic E-state index is 0.282. The zero-order valence-corrected chi connectivity index (χ0v) is 10.8. The molecule has 1 heterocycles. The van der Waals surface area contributed by atoms with Crippen LogP contribution in [0.5, 0.6) is 0 Å². The average molecular weight is 236 g/mol. The van der Waals surface area contributed by atoms with Gasteiger partial charge in [-0.2, -0.15) is 5.10 Å². The second-order valence-electron chi connectivity index (χ2n) is 5.27. The molecule has 0 radical (unpaired) electrons. The van der Waals surface area contributed by atoms with Crippen LogP contribution in [0.4, 0.5) is 0 Å². The minimum absolute atomic E-state index is 0.282. The molecule has 1 fully saturated rings. The summed E-state index contributed by atoms with van der Waals surface area (Å²) in [5.74, 6) is 0.381. The molecule has 96 valence electrons. The first-order valence-corrected chi connectivity index (χ1v) is 6.98. The van der Waals surface area contributed by atoms with Crippen molar-refractivity contribution in [2.45, 2.75) is 57.9 Å². The number of aliphatic hydroxyl groups excluding tert-OH is 1. The minimum Gasteiger partial charge on any atom is -0.396 e. The molecule has 1 N–H and O–H groups in total. The van der Waals surface area contributed by atoms with E-state index in [4.69, 9.17) is 0 Å². The number of aromatic nitrogens is 2. The molecule has 3 nitrogen and oxygen atoms in total. The summed E-state index contributed by atoms with van der Waals surface area (Å²) in [4.78, 5) is 0. The number of hydrogen-bond acceptors (Lipinski definition) is 2. The van der Waals surface area contributed by atoms with E-state index in [1.54, 1.807) is 0 Å². The van der Waals surface area contributed by atoms with Gasteiger partial charge in [0.2, 0.25) is 0 Å². The Balaban J connectivity index is 1.92. The van der Waals surface area contributed by atoms with Crippen molar-refractivity contribution in [1.82, 2.24) is 9.78 Å². The number of aliphatic hydroxyl groups is 1. The summed E-state index contributed by atoms with van der Waals surface area (Å²) < 4.78 is 2.14. The summed E-state index contributed by atoms with van der Waals surface area (Å²) in [6.07, 6.45) is 10.5. The predicted molar refractivity (Wildman–Crippen MR) is 68.9 cm³/mol. The van der Waals surface area contributed by atoms with Gasteiger partial charge in [0.15, 0.2) is 0 Å². The molecule has 1 unspecified atom stereocenters. The van der Waals surface area contributed by atoms with Crippen molar-refractivity contribution in [1.29, 1.82) is 0 Å². The van der Waals surface area contributed by atoms with E-state index < -0.39 is 0 Å². The Kier molecular flexibility index (Phi) is 4.60. The quantitative estimate of drug-likeness (QED) is 0.824. The van der Waals surface area contributed by atoms with Gasteiger partial charge in [0.1, 0.15) is 0 Å². The first-order chi connectivity index (χ1) is 8.33. The molecule has 2 rings (SSSR count). The maximum Gasteiger partial charge on any atom is 0.0628 e. The standard InChI is InChI=1S/C14H24N2O/c1-2-5-12(11-17)10-13-8-9-16(15-13)14-6-3-4-7-14/h8-9,12,14,17H,2-7,10-11H2,1H3. The van der Waals surface area contributed by atoms with E-state index in [1.165, 1.54) is 25.7 Å². The fraction of sp³-hybridized carbons (Fsp3) is 0.786. The molecule has 1 atom stereocenters. The van der Waals surface area contributed by atoms with Crippen LogP contribution in [0.1, 0.15) is 57.2 Å². The fourth-order valence-corrected chi connectivity index (χ4v) is 2.82. The van der Waals surface area contributed by atoms with Gasteiger partial charge in [0.25, 0.3) is 0 Å². The van der Waals surface area contributed by atoms with Crippen LogP contribution in [0.15, 0.2) is 12.3 Å². The Morgan fingerprint density at radius 3 is 2.88 bits per heavy atom. The molecule has 0 aliphatic heterocycles. The Labute approximate surface area is 104 Å². The SMILES string of the molecule is CCCC(CO)Cc1ccn(C2CCCC2)n1. The van der Waals surface area contributed by atoms with Crippen molar-refractivity contribution in [2.75, 3.05) is 6.61 Å². The van der Waals surface area contributed by atoms with E-state index in [-0.39, 0.29) is 6.61 Å². The second-order valence-corrected chi connectivity index (χ2v) is 5.27. The highest BCUT2D eigenvalue weighted by Crippen LogP contribution is 2.28. The Morgan fingerprint density at radius 1 is 1.47 bits per heavy atom. The molecule has 3 heteroatoms. The van der Waals surface area contributed by atoms with E-state index in [0.717, 1.165) is 25.0 Å². The van der Waals surface area contributed by atoms with Crippen LogP contribution in [0.25, 0.3) is 0 Å². The van der Waals surface area contributed by atoms with Gasteiger partial charge in [0, 0.05) is 12.8 Å². The smallest absolute Gasteiger partial charge is 0.0628 e. The van der Waals surface area contributed by atoms with E-state index in [2.05, 4.69) is 29.0 Å². The number of nitrogens with zero attached hydrogens (tertiary/aromatic N) is 2. The van der Waals surface area contributed by atoms with Crippen LogP contribution in [0.3, 0.4) is 0 Å². The van der Waals surface area contributed by atoms with Crippen molar-refractivity contribution in [3.05, 3.63) is 18.0 Å². The Bertz CT molecular complexity index is 329. The lowest BCUT2D eigenvalue weighted by Crippen LogP contribution is -2.11. The molecule has 1 saturated carbocycles. The van der Waals surface area contributed by atoms with E-state index in [0.29, 0.717) is 12.0 Å². The normalized spacial score (nSPS) is 18.7. The highest BCUT2D eigenvalue weighted by molar-refractivity contribution is 5.01. The molecule has 0 aromatic carbocycles. The van der Waals surface area contributed by atoms with Crippen LogP contribution in [-0.2, 0) is 6.42 Å². The maximum absolute atomic E-state index is 9.30. The molecular weight excluding hydrogens is 212 g/mol. The summed E-state index contributed by atoms with van der Waals surface area (Å²) >= 11 is 0. The first kappa shape index (κ1) is 12.6. The van der Waals surface area contributed by atoms with Gasteiger partial charge in [-0.25, -0.2) is 0 Å². The molecule has 1 aliphatic carbocycles. The monoisotopic (exact) mass is 236 g/mol. The van der Waals surface area contributed by atoms with Crippen molar-refractivity contribution in [3.63, 3.8) is 0 Å². The molecule has 17 heavy (non-hydrogen) atoms. The lowest BCUT2D eigenvalue weighted by Gasteiger charge is -2.12. The summed E-state index contributed by atoms with van der Waals surface area (Å²) in [5.41, 5.74) is 1.14. The first-order valence-electron chi connectivity index (χ1n) is 6.98. The molecule has 0 bridgehead atoms. The zero-order valence-electron chi connectivity index (χ0n) is 10.8. The maximum atomic E-state index is 9.30. The molecule has 0 saturated heterocycles. The Hall–Kier alpha value is -0.830. The van der Waals surface area contributed by atoms with Crippen LogP contribution in [-0.4, -0.2) is 21.5 Å². The molecule has 1 aromatic rings. The van der Waals surface area contributed by atoms with Gasteiger partial charge < -0.3 is 5.11 Å². The van der Waals surface area contributed by atoms with E-state index in [9.17, 15) is 5.11 Å². The van der Waals surface area contributed by atoms with E-state index in [1.807, 2.05) is 0 Å². The summed E-state index contributed by atoms with van der Waals surface area (Å²) in [6.45, 7) is 2.45. The van der Waals surface area contributed by atoms with Crippen LogP contribution in [0.2, 0.25) is 0 Å². The largest absolute Gasteiger partial charge is 0.396 e. The van der Waals surface area contributed by atoms with Crippen molar-refractivity contribution in [3.8, 4) is 0 Å². The second kappa shape index (κ2) is 6.20. The van der Waals surface area contributed by atoms with Crippen LogP contribution < -0.4 is 0 Å². The topological polar surface area (TPSA) is 38.0 Å². The average Bonchev–Trinajstić information content (AvgIpc) is 2.98. The van der Waals surface area contributed by atoms with Crippen molar-refractivity contribution in [2.24, 2.45) is 5.92 Å². The van der Waals surface area contributed by atoms with Crippen LogP contribution >= 0.6 is 0 Å². The summed E-state index contributed by atoms with van der Waals surface area (Å²) in [7, 11) is 0. The van der Waals surface area contributed by atoms with Gasteiger partial charge in [-0.3, -0.25) is 4.68 Å². The van der Waals surface area contributed by atoms with Gasteiger partial charge in [-0.05, 0) is 37.7 Å². The molecule has 1 aromatic heterocycles. The third kappa shape index (κ3) is 3.32. The number of rotatable bonds is 6. The highest BCUT2D eigenvalue weighted by atomic mass is 16.3. The van der Waals surface area contributed by atoms with Crippen molar-refractivity contribution >= 4 is 0 Å². The summed E-state index contributed by atoms with van der Waals surface area (Å²) in [5, 5.41) is 14.0. The highest BCUT2D eigenvalue weighted by Gasteiger charge is 2.18. The summed E-state index contributed by atoms with van der Waals surface area (Å²) in [6, 6.07) is 2.75. The Morgan fingerprint density at radius 2 is 2.24 bits per heavy atom. The fourth-order valence-electron chi connectivity index (χ4n) is 2.82. The van der Waals surface area contributed by atoms with E-state index >= 15 is 0 Å². The molecular formula is C14H24N2O. The van der Waals surface area contributed by atoms with Gasteiger partial charge in [-0.1, -0.05) is 26.2 Å². The third-order valence-electron chi connectivity index (χ3n) is 3.82. The number of hydrogen-bond donors (Lipinski definition) is 1. The van der Waals surface area contributed by atoms with Gasteiger partial charge in [-0.15, -0.1) is 0 Å². The van der Waals surface area contributed by atoms with Crippen molar-refractivity contribution < 1.29 is 5.11 Å². The van der Waals surface area contributed by atoms with Gasteiger partial charge >= 0.3 is 0 Å². The van der Waals surface area contributed by atoms with Gasteiger partial charge in [0.05, 0.1) is 11.7 Å². The predicted octanol–water partition coefficient (Wildman–Crippen LogP) is 2.95. The lowest BCUT2D eigenvalue weighted by atomic mass is 9.99. The zero-order chi connectivity index (χ0) is 12.1. The van der Waals surface area contributed by atoms with Crippen LogP contribution in [0, 0.1) is 5.92 Å². The lowest BCUT2D eigenvalue weighted by molar-refractivity contribution is 0.216. The molecule has 0 spiro atoms.